The van der Waals surface area contributed by atoms with E-state index in [2.05, 4.69) is 10.0 Å². The summed E-state index contributed by atoms with van der Waals surface area (Å²) in [6, 6.07) is 6.09. The zero-order valence-corrected chi connectivity index (χ0v) is 12.2. The summed E-state index contributed by atoms with van der Waals surface area (Å²) in [5, 5.41) is 2.77. The first kappa shape index (κ1) is 15.0. The SMILES string of the molecule is CCNS(=O)(=O)c1ccc(NC(=O)C2(CN)CC2)cc1. The van der Waals surface area contributed by atoms with E-state index >= 15 is 0 Å². The highest BCUT2D eigenvalue weighted by molar-refractivity contribution is 7.89. The maximum atomic E-state index is 12.0. The third-order valence-corrected chi connectivity index (χ3v) is 5.04. The Labute approximate surface area is 118 Å². The van der Waals surface area contributed by atoms with Crippen molar-refractivity contribution in [1.29, 1.82) is 0 Å². The molecular formula is C13H19N3O3S. The predicted octanol–water partition coefficient (Wildman–Crippen LogP) is 0.662. The lowest BCUT2D eigenvalue weighted by Crippen LogP contribution is -2.30. The van der Waals surface area contributed by atoms with Gasteiger partial charge in [-0.15, -0.1) is 0 Å². The van der Waals surface area contributed by atoms with Gasteiger partial charge in [0.25, 0.3) is 0 Å². The van der Waals surface area contributed by atoms with Crippen molar-refractivity contribution in [2.24, 2.45) is 11.1 Å². The highest BCUT2D eigenvalue weighted by atomic mass is 32.2. The zero-order valence-electron chi connectivity index (χ0n) is 11.3. The van der Waals surface area contributed by atoms with Gasteiger partial charge in [-0.05, 0) is 37.1 Å². The van der Waals surface area contributed by atoms with Gasteiger partial charge < -0.3 is 11.1 Å². The molecule has 0 spiro atoms. The Morgan fingerprint density at radius 3 is 2.35 bits per heavy atom. The molecule has 0 bridgehead atoms. The van der Waals surface area contributed by atoms with Crippen LogP contribution in [0.4, 0.5) is 5.69 Å². The van der Waals surface area contributed by atoms with Crippen molar-refractivity contribution >= 4 is 21.6 Å². The van der Waals surface area contributed by atoms with E-state index < -0.39 is 15.4 Å². The minimum atomic E-state index is -3.46. The van der Waals surface area contributed by atoms with E-state index in [-0.39, 0.29) is 10.8 Å². The number of hydrogen-bond acceptors (Lipinski definition) is 4. The zero-order chi connectivity index (χ0) is 14.8. The van der Waals surface area contributed by atoms with Crippen LogP contribution in [0.25, 0.3) is 0 Å². The van der Waals surface area contributed by atoms with Gasteiger partial charge in [-0.1, -0.05) is 6.92 Å². The fourth-order valence-electron chi connectivity index (χ4n) is 1.93. The molecule has 2 rings (SSSR count). The molecule has 0 radical (unpaired) electrons. The summed E-state index contributed by atoms with van der Waals surface area (Å²) in [5.41, 5.74) is 5.74. The van der Waals surface area contributed by atoms with Crippen molar-refractivity contribution in [3.63, 3.8) is 0 Å². The lowest BCUT2D eigenvalue weighted by molar-refractivity contribution is -0.120. The van der Waals surface area contributed by atoms with Gasteiger partial charge in [0.05, 0.1) is 10.3 Å². The summed E-state index contributed by atoms with van der Waals surface area (Å²) >= 11 is 0. The van der Waals surface area contributed by atoms with Crippen LogP contribution < -0.4 is 15.8 Å². The van der Waals surface area contributed by atoms with E-state index in [1.807, 2.05) is 0 Å². The number of carbonyl (C=O) groups is 1. The maximum Gasteiger partial charge on any atom is 0.240 e. The molecule has 1 aromatic rings. The molecule has 0 heterocycles. The van der Waals surface area contributed by atoms with Crippen molar-refractivity contribution in [2.75, 3.05) is 18.4 Å². The second-order valence-corrected chi connectivity index (χ2v) is 6.73. The number of anilines is 1. The van der Waals surface area contributed by atoms with Crippen LogP contribution >= 0.6 is 0 Å². The Morgan fingerprint density at radius 1 is 1.30 bits per heavy atom. The standard InChI is InChI=1S/C13H19N3O3S/c1-2-15-20(18,19)11-5-3-10(4-6-11)16-12(17)13(9-14)7-8-13/h3-6,15H,2,7-9,14H2,1H3,(H,16,17). The van der Waals surface area contributed by atoms with Gasteiger partial charge >= 0.3 is 0 Å². The normalized spacial score (nSPS) is 16.7. The molecule has 1 aromatic carbocycles. The number of benzene rings is 1. The van der Waals surface area contributed by atoms with Crippen molar-refractivity contribution in [2.45, 2.75) is 24.7 Å². The van der Waals surface area contributed by atoms with E-state index in [0.717, 1.165) is 12.8 Å². The number of sulfonamides is 1. The summed E-state index contributed by atoms with van der Waals surface area (Å²) in [6.45, 7) is 2.39. The van der Waals surface area contributed by atoms with Crippen molar-refractivity contribution in [3.05, 3.63) is 24.3 Å². The number of hydrogen-bond donors (Lipinski definition) is 3. The molecule has 0 atom stereocenters. The first-order valence-corrected chi connectivity index (χ1v) is 8.03. The molecule has 7 heteroatoms. The van der Waals surface area contributed by atoms with Crippen LogP contribution in [0.1, 0.15) is 19.8 Å². The van der Waals surface area contributed by atoms with E-state index in [4.69, 9.17) is 5.73 Å². The van der Waals surface area contributed by atoms with Crippen molar-refractivity contribution in [1.82, 2.24) is 4.72 Å². The Balaban J connectivity index is 2.08. The molecular weight excluding hydrogens is 278 g/mol. The van der Waals surface area contributed by atoms with Crippen LogP contribution in [0.3, 0.4) is 0 Å². The summed E-state index contributed by atoms with van der Waals surface area (Å²) in [6.07, 6.45) is 1.62. The molecule has 0 aliphatic heterocycles. The molecule has 0 aromatic heterocycles. The van der Waals surface area contributed by atoms with Crippen LogP contribution in [0.2, 0.25) is 0 Å². The second kappa shape index (κ2) is 5.51. The second-order valence-electron chi connectivity index (χ2n) is 4.96. The summed E-state index contributed by atoms with van der Waals surface area (Å²) in [7, 11) is -3.46. The molecule has 0 unspecified atom stereocenters. The highest BCUT2D eigenvalue weighted by Gasteiger charge is 2.48. The van der Waals surface area contributed by atoms with Gasteiger partial charge in [0.2, 0.25) is 15.9 Å². The summed E-state index contributed by atoms with van der Waals surface area (Å²) < 4.78 is 25.9. The third kappa shape index (κ3) is 3.00. The van der Waals surface area contributed by atoms with E-state index in [9.17, 15) is 13.2 Å². The van der Waals surface area contributed by atoms with Crippen LogP contribution in [0.15, 0.2) is 29.2 Å². The Morgan fingerprint density at radius 2 is 1.90 bits per heavy atom. The third-order valence-electron chi connectivity index (χ3n) is 3.48. The summed E-state index contributed by atoms with van der Waals surface area (Å²) in [4.78, 5) is 12.2. The van der Waals surface area contributed by atoms with Crippen LogP contribution in [0.5, 0.6) is 0 Å². The lowest BCUT2D eigenvalue weighted by Gasteiger charge is -2.13. The Kier molecular flexibility index (Phi) is 4.12. The average molecular weight is 297 g/mol. The minimum absolute atomic E-state index is 0.0951. The van der Waals surface area contributed by atoms with Gasteiger partial charge in [0.15, 0.2) is 0 Å². The molecule has 6 nitrogen and oxygen atoms in total. The quantitative estimate of drug-likeness (QED) is 0.718. The molecule has 20 heavy (non-hydrogen) atoms. The molecule has 0 saturated heterocycles. The Hall–Kier alpha value is -1.44. The first-order chi connectivity index (χ1) is 9.43. The average Bonchev–Trinajstić information content (AvgIpc) is 3.20. The van der Waals surface area contributed by atoms with Crippen LogP contribution in [-0.4, -0.2) is 27.4 Å². The molecule has 1 aliphatic carbocycles. The monoisotopic (exact) mass is 297 g/mol. The topological polar surface area (TPSA) is 101 Å². The first-order valence-electron chi connectivity index (χ1n) is 6.55. The summed E-state index contributed by atoms with van der Waals surface area (Å²) in [5.74, 6) is -0.0951. The van der Waals surface area contributed by atoms with Gasteiger partial charge in [0.1, 0.15) is 0 Å². The fraction of sp³-hybridized carbons (Fsp3) is 0.462. The van der Waals surface area contributed by atoms with Gasteiger partial charge in [-0.25, -0.2) is 13.1 Å². The number of carbonyl (C=O) groups excluding carboxylic acids is 1. The molecule has 1 amide bonds. The maximum absolute atomic E-state index is 12.0. The molecule has 1 fully saturated rings. The van der Waals surface area contributed by atoms with Gasteiger partial charge in [-0.2, -0.15) is 0 Å². The molecule has 110 valence electrons. The van der Waals surface area contributed by atoms with Crippen LogP contribution in [-0.2, 0) is 14.8 Å². The van der Waals surface area contributed by atoms with E-state index in [1.165, 1.54) is 12.1 Å². The van der Waals surface area contributed by atoms with Crippen LogP contribution in [0, 0.1) is 5.41 Å². The smallest absolute Gasteiger partial charge is 0.240 e. The Bertz CT molecular complexity index is 592. The predicted molar refractivity (Wildman–Crippen MR) is 76.7 cm³/mol. The molecule has 1 saturated carbocycles. The minimum Gasteiger partial charge on any atom is -0.329 e. The van der Waals surface area contributed by atoms with Gasteiger partial charge in [-0.3, -0.25) is 4.79 Å². The largest absolute Gasteiger partial charge is 0.329 e. The van der Waals surface area contributed by atoms with E-state index in [0.29, 0.717) is 18.8 Å². The van der Waals surface area contributed by atoms with Gasteiger partial charge in [0, 0.05) is 18.8 Å². The van der Waals surface area contributed by atoms with Crippen molar-refractivity contribution in [3.8, 4) is 0 Å². The molecule has 1 aliphatic rings. The highest BCUT2D eigenvalue weighted by Crippen LogP contribution is 2.45. The van der Waals surface area contributed by atoms with E-state index in [1.54, 1.807) is 19.1 Å². The molecule has 4 N–H and O–H groups in total. The number of rotatable bonds is 6. The number of nitrogens with two attached hydrogens (primary N) is 1. The fourth-order valence-corrected chi connectivity index (χ4v) is 2.97. The lowest BCUT2D eigenvalue weighted by atomic mass is 10.1. The number of amides is 1. The van der Waals surface area contributed by atoms with Crippen molar-refractivity contribution < 1.29 is 13.2 Å². The number of nitrogens with one attached hydrogen (secondary N) is 2.